The molecule has 0 radical (unpaired) electrons. The van der Waals surface area contributed by atoms with Crippen LogP contribution in [0.2, 0.25) is 0 Å². The molecule has 0 heterocycles. The predicted octanol–water partition coefficient (Wildman–Crippen LogP) is 2.65. The van der Waals surface area contributed by atoms with E-state index in [0.29, 0.717) is 5.41 Å². The molecule has 2 bridgehead atoms. The van der Waals surface area contributed by atoms with Crippen molar-refractivity contribution in [2.24, 2.45) is 23.2 Å². The van der Waals surface area contributed by atoms with Gasteiger partial charge >= 0.3 is 0 Å². The van der Waals surface area contributed by atoms with Crippen LogP contribution < -0.4 is 0 Å². The van der Waals surface area contributed by atoms with Crippen LogP contribution in [0.1, 0.15) is 39.5 Å². The highest BCUT2D eigenvalue weighted by Gasteiger charge is 2.52. The molecular weight excluding hydrogens is 148 g/mol. The molecule has 0 unspecified atom stereocenters. The summed E-state index contributed by atoms with van der Waals surface area (Å²) in [6.07, 6.45) is 5.96. The Hall–Kier alpha value is -0.330. The molecule has 0 saturated heterocycles. The molecule has 12 heavy (non-hydrogen) atoms. The number of carbonyl (C=O) groups is 1. The second kappa shape index (κ2) is 2.58. The molecule has 3 aliphatic rings. The van der Waals surface area contributed by atoms with Crippen molar-refractivity contribution in [1.82, 2.24) is 0 Å². The fraction of sp³-hybridized carbons (Fsp3) is 0.909. The third kappa shape index (κ3) is 1.02. The van der Waals surface area contributed by atoms with Crippen LogP contribution in [0.4, 0.5) is 0 Å². The summed E-state index contributed by atoms with van der Waals surface area (Å²) < 4.78 is 0. The van der Waals surface area contributed by atoms with Crippen molar-refractivity contribution in [2.45, 2.75) is 39.5 Å². The van der Waals surface area contributed by atoms with Crippen LogP contribution in [0, 0.1) is 23.2 Å². The van der Waals surface area contributed by atoms with Crippen LogP contribution in [0.25, 0.3) is 0 Å². The van der Waals surface area contributed by atoms with Crippen LogP contribution >= 0.6 is 0 Å². The third-order valence-electron chi connectivity index (χ3n) is 4.34. The van der Waals surface area contributed by atoms with Crippen molar-refractivity contribution in [3.05, 3.63) is 0 Å². The predicted molar refractivity (Wildman–Crippen MR) is 48.8 cm³/mol. The molecule has 0 N–H and O–H groups in total. The SMILES string of the molecule is CC1(C)[C@@H]2C[C@@H](CC=O)C[C@H]1C2. The van der Waals surface area contributed by atoms with E-state index in [1.165, 1.54) is 19.3 Å². The van der Waals surface area contributed by atoms with Gasteiger partial charge in [0.15, 0.2) is 0 Å². The highest BCUT2D eigenvalue weighted by atomic mass is 16.1. The minimum absolute atomic E-state index is 0.597. The summed E-state index contributed by atoms with van der Waals surface area (Å²) in [5, 5.41) is 0. The summed E-state index contributed by atoms with van der Waals surface area (Å²) in [4.78, 5) is 10.4. The maximum atomic E-state index is 10.4. The monoisotopic (exact) mass is 166 g/mol. The molecule has 3 saturated carbocycles. The van der Waals surface area contributed by atoms with Gasteiger partial charge in [0.25, 0.3) is 0 Å². The van der Waals surface area contributed by atoms with Crippen molar-refractivity contribution in [3.8, 4) is 0 Å². The largest absolute Gasteiger partial charge is 0.303 e. The molecule has 0 amide bonds. The van der Waals surface area contributed by atoms with E-state index in [0.717, 1.165) is 30.5 Å². The van der Waals surface area contributed by atoms with Gasteiger partial charge in [0.1, 0.15) is 6.29 Å². The fourth-order valence-corrected chi connectivity index (χ4v) is 3.15. The fourth-order valence-electron chi connectivity index (χ4n) is 3.15. The molecular formula is C11H18O. The van der Waals surface area contributed by atoms with E-state index < -0.39 is 0 Å². The van der Waals surface area contributed by atoms with Gasteiger partial charge in [-0.2, -0.15) is 0 Å². The number of fused-ring (bicyclic) bond motifs is 2. The first-order chi connectivity index (χ1) is 5.64. The van der Waals surface area contributed by atoms with E-state index in [9.17, 15) is 4.79 Å². The van der Waals surface area contributed by atoms with Gasteiger partial charge in [-0.15, -0.1) is 0 Å². The highest BCUT2D eigenvalue weighted by molar-refractivity contribution is 5.49. The Kier molecular flexibility index (Phi) is 1.78. The molecule has 3 fully saturated rings. The number of rotatable bonds is 2. The second-order valence-electron chi connectivity index (χ2n) is 5.19. The molecule has 0 aromatic rings. The average molecular weight is 166 g/mol. The van der Waals surface area contributed by atoms with Gasteiger partial charge in [-0.1, -0.05) is 13.8 Å². The van der Waals surface area contributed by atoms with Gasteiger partial charge in [-0.05, 0) is 42.4 Å². The zero-order valence-corrected chi connectivity index (χ0v) is 8.05. The second-order valence-corrected chi connectivity index (χ2v) is 5.19. The Morgan fingerprint density at radius 3 is 2.25 bits per heavy atom. The van der Waals surface area contributed by atoms with Crippen molar-refractivity contribution in [1.29, 1.82) is 0 Å². The van der Waals surface area contributed by atoms with Gasteiger partial charge in [0.2, 0.25) is 0 Å². The first-order valence-electron chi connectivity index (χ1n) is 5.08. The molecule has 0 aliphatic heterocycles. The molecule has 1 nitrogen and oxygen atoms in total. The molecule has 1 heteroatoms. The van der Waals surface area contributed by atoms with E-state index in [1.54, 1.807) is 0 Å². The number of hydrogen-bond donors (Lipinski definition) is 0. The lowest BCUT2D eigenvalue weighted by molar-refractivity contribution is -0.115. The van der Waals surface area contributed by atoms with E-state index in [4.69, 9.17) is 0 Å². The van der Waals surface area contributed by atoms with Gasteiger partial charge in [-0.3, -0.25) is 0 Å². The first kappa shape index (κ1) is 8.28. The van der Waals surface area contributed by atoms with E-state index >= 15 is 0 Å². The minimum Gasteiger partial charge on any atom is -0.303 e. The lowest BCUT2D eigenvalue weighted by Crippen LogP contribution is -2.50. The van der Waals surface area contributed by atoms with Gasteiger partial charge < -0.3 is 4.79 Å². The third-order valence-corrected chi connectivity index (χ3v) is 4.34. The Labute approximate surface area is 74.5 Å². The summed E-state index contributed by atoms with van der Waals surface area (Å²) in [6, 6.07) is 0. The zero-order chi connectivity index (χ0) is 8.77. The Bertz CT molecular complexity index is 181. The van der Waals surface area contributed by atoms with Crippen molar-refractivity contribution >= 4 is 6.29 Å². The summed E-state index contributed by atoms with van der Waals surface area (Å²) in [5.74, 6) is 2.56. The Morgan fingerprint density at radius 1 is 1.25 bits per heavy atom. The van der Waals surface area contributed by atoms with Crippen molar-refractivity contribution in [2.75, 3.05) is 0 Å². The van der Waals surface area contributed by atoms with E-state index in [1.807, 2.05) is 0 Å². The van der Waals surface area contributed by atoms with E-state index in [-0.39, 0.29) is 0 Å². The summed E-state index contributed by atoms with van der Waals surface area (Å²) >= 11 is 0. The number of carbonyl (C=O) groups excluding carboxylic acids is 1. The average Bonchev–Trinajstić information content (AvgIpc) is 2.05. The molecule has 0 spiro atoms. The minimum atomic E-state index is 0.597. The number of hydrogen-bond acceptors (Lipinski definition) is 1. The van der Waals surface area contributed by atoms with Crippen LogP contribution in [-0.4, -0.2) is 6.29 Å². The highest BCUT2D eigenvalue weighted by Crippen LogP contribution is 2.60. The molecule has 68 valence electrons. The van der Waals surface area contributed by atoms with Gasteiger partial charge in [0.05, 0.1) is 0 Å². The van der Waals surface area contributed by atoms with E-state index in [2.05, 4.69) is 13.8 Å². The normalized spacial score (nSPS) is 43.3. The van der Waals surface area contributed by atoms with Crippen LogP contribution in [0.5, 0.6) is 0 Å². The van der Waals surface area contributed by atoms with Crippen LogP contribution in [0.3, 0.4) is 0 Å². The lowest BCUT2D eigenvalue weighted by Gasteiger charge is -2.58. The number of aldehydes is 1. The molecule has 0 aromatic heterocycles. The molecule has 3 aliphatic carbocycles. The molecule has 3 rings (SSSR count). The Balaban J connectivity index is 1.96. The maximum absolute atomic E-state index is 10.4. The summed E-state index contributed by atoms with van der Waals surface area (Å²) in [5.41, 5.74) is 0.597. The first-order valence-corrected chi connectivity index (χ1v) is 5.08. The summed E-state index contributed by atoms with van der Waals surface area (Å²) in [6.45, 7) is 4.78. The smallest absolute Gasteiger partial charge is 0.120 e. The quantitative estimate of drug-likeness (QED) is 0.576. The van der Waals surface area contributed by atoms with Gasteiger partial charge in [-0.25, -0.2) is 0 Å². The Morgan fingerprint density at radius 2 is 1.83 bits per heavy atom. The lowest BCUT2D eigenvalue weighted by atomic mass is 9.46. The standard InChI is InChI=1S/C11H18O/c1-11(2)9-5-8(3-4-12)6-10(11)7-9/h4,8-10H,3,5-7H2,1-2H3/t8-,9-,10+. The van der Waals surface area contributed by atoms with Gasteiger partial charge in [0, 0.05) is 6.42 Å². The maximum Gasteiger partial charge on any atom is 0.120 e. The molecule has 3 atom stereocenters. The summed E-state index contributed by atoms with van der Waals surface area (Å²) in [7, 11) is 0. The van der Waals surface area contributed by atoms with Crippen molar-refractivity contribution < 1.29 is 4.79 Å². The van der Waals surface area contributed by atoms with Crippen molar-refractivity contribution in [3.63, 3.8) is 0 Å². The molecule has 0 aromatic carbocycles. The van der Waals surface area contributed by atoms with Crippen LogP contribution in [0.15, 0.2) is 0 Å². The van der Waals surface area contributed by atoms with Crippen LogP contribution in [-0.2, 0) is 4.79 Å². The topological polar surface area (TPSA) is 17.1 Å². The zero-order valence-electron chi connectivity index (χ0n) is 8.05.